The van der Waals surface area contributed by atoms with Gasteiger partial charge in [-0.15, -0.1) is 0 Å². The van der Waals surface area contributed by atoms with Crippen molar-refractivity contribution in [3.05, 3.63) is 26.6 Å². The van der Waals surface area contributed by atoms with Gasteiger partial charge in [-0.05, 0) is 63.4 Å². The number of halogens is 2. The van der Waals surface area contributed by atoms with Gasteiger partial charge in [0.25, 0.3) is 0 Å². The molecule has 0 heterocycles. The normalized spacial score (nSPS) is 11.2. The first-order valence-corrected chi connectivity index (χ1v) is 6.85. The van der Waals surface area contributed by atoms with Crippen molar-refractivity contribution in [1.82, 2.24) is 5.01 Å². The fraction of sp³-hybridized carbons (Fsp3) is 0.417. The minimum absolute atomic E-state index is 0.142. The zero-order valence-electron chi connectivity index (χ0n) is 10.4. The fourth-order valence-electron chi connectivity index (χ4n) is 1.18. The van der Waals surface area contributed by atoms with Crippen LogP contribution < -0.4 is 4.74 Å². The summed E-state index contributed by atoms with van der Waals surface area (Å²) >= 11 is 7.01. The molecular formula is C12H16Br2N2O. The van der Waals surface area contributed by atoms with Crippen molar-refractivity contribution in [3.63, 3.8) is 0 Å². The van der Waals surface area contributed by atoms with Gasteiger partial charge in [0.15, 0.2) is 0 Å². The van der Waals surface area contributed by atoms with Crippen molar-refractivity contribution in [1.29, 1.82) is 0 Å². The van der Waals surface area contributed by atoms with Crippen LogP contribution in [0, 0.1) is 0 Å². The number of benzene rings is 1. The Morgan fingerprint density at radius 2 is 1.76 bits per heavy atom. The van der Waals surface area contributed by atoms with E-state index in [4.69, 9.17) is 4.74 Å². The smallest absolute Gasteiger partial charge is 0.148 e. The summed E-state index contributed by atoms with van der Waals surface area (Å²) in [6.07, 6.45) is 1.94. The maximum absolute atomic E-state index is 5.71. The predicted molar refractivity (Wildman–Crippen MR) is 78.9 cm³/mol. The lowest BCUT2D eigenvalue weighted by Crippen LogP contribution is -2.07. The maximum Gasteiger partial charge on any atom is 0.148 e. The Morgan fingerprint density at radius 3 is 2.18 bits per heavy atom. The molecule has 17 heavy (non-hydrogen) atoms. The number of hydrogen-bond donors (Lipinski definition) is 0. The van der Waals surface area contributed by atoms with E-state index >= 15 is 0 Å². The highest BCUT2D eigenvalue weighted by Gasteiger charge is 2.09. The molecule has 0 aromatic heterocycles. The van der Waals surface area contributed by atoms with Crippen molar-refractivity contribution in [2.45, 2.75) is 20.0 Å². The van der Waals surface area contributed by atoms with E-state index in [1.165, 1.54) is 0 Å². The first-order valence-electron chi connectivity index (χ1n) is 5.27. The molecule has 0 unspecified atom stereocenters. The Morgan fingerprint density at radius 1 is 1.24 bits per heavy atom. The van der Waals surface area contributed by atoms with Crippen LogP contribution >= 0.6 is 31.9 Å². The summed E-state index contributed by atoms with van der Waals surface area (Å²) in [6, 6.07) is 3.96. The van der Waals surface area contributed by atoms with Crippen LogP contribution in [0.1, 0.15) is 19.4 Å². The van der Waals surface area contributed by atoms with E-state index < -0.39 is 0 Å². The zero-order chi connectivity index (χ0) is 13.0. The highest BCUT2D eigenvalue weighted by Crippen LogP contribution is 2.35. The molecule has 1 aromatic carbocycles. The Kier molecular flexibility index (Phi) is 5.46. The summed E-state index contributed by atoms with van der Waals surface area (Å²) in [5.41, 5.74) is 1.01. The average molecular weight is 364 g/mol. The third kappa shape index (κ3) is 4.68. The maximum atomic E-state index is 5.71. The van der Waals surface area contributed by atoms with Crippen LogP contribution in [0.3, 0.4) is 0 Å². The molecule has 1 rings (SSSR count). The molecule has 0 atom stereocenters. The van der Waals surface area contributed by atoms with Crippen molar-refractivity contribution < 1.29 is 4.74 Å². The van der Waals surface area contributed by atoms with Crippen LogP contribution in [-0.4, -0.2) is 31.4 Å². The molecule has 0 saturated heterocycles. The first kappa shape index (κ1) is 14.5. The molecule has 0 amide bonds. The summed E-state index contributed by atoms with van der Waals surface area (Å²) in [5, 5.41) is 5.94. The van der Waals surface area contributed by atoms with Crippen LogP contribution in [0.4, 0.5) is 0 Å². The zero-order valence-corrected chi connectivity index (χ0v) is 13.5. The van der Waals surface area contributed by atoms with Gasteiger partial charge in [0.2, 0.25) is 0 Å². The lowest BCUT2D eigenvalue weighted by atomic mass is 10.2. The topological polar surface area (TPSA) is 24.8 Å². The molecule has 0 spiro atoms. The van der Waals surface area contributed by atoms with E-state index in [-0.39, 0.29) is 6.10 Å². The van der Waals surface area contributed by atoms with Crippen molar-refractivity contribution in [2.75, 3.05) is 14.1 Å². The van der Waals surface area contributed by atoms with Crippen LogP contribution in [0.5, 0.6) is 5.75 Å². The van der Waals surface area contributed by atoms with Crippen molar-refractivity contribution in [2.24, 2.45) is 5.10 Å². The molecule has 0 saturated carbocycles. The quantitative estimate of drug-likeness (QED) is 0.598. The summed E-state index contributed by atoms with van der Waals surface area (Å²) in [6.45, 7) is 4.00. The lowest BCUT2D eigenvalue weighted by Gasteiger charge is -2.14. The Hall–Kier alpha value is -0.550. The van der Waals surface area contributed by atoms with Crippen molar-refractivity contribution in [3.8, 4) is 5.75 Å². The average Bonchev–Trinajstić information content (AvgIpc) is 2.20. The second kappa shape index (κ2) is 6.40. The Labute approximate surface area is 119 Å². The van der Waals surface area contributed by atoms with E-state index in [1.54, 1.807) is 11.2 Å². The molecule has 0 bridgehead atoms. The molecule has 0 fully saturated rings. The van der Waals surface area contributed by atoms with Gasteiger partial charge in [-0.25, -0.2) is 0 Å². The molecule has 0 aliphatic rings. The minimum atomic E-state index is 0.142. The highest BCUT2D eigenvalue weighted by molar-refractivity contribution is 9.11. The molecule has 5 heteroatoms. The van der Waals surface area contributed by atoms with E-state index in [2.05, 4.69) is 37.0 Å². The van der Waals surface area contributed by atoms with Crippen LogP contribution in [0.2, 0.25) is 0 Å². The third-order valence-electron chi connectivity index (χ3n) is 1.81. The highest BCUT2D eigenvalue weighted by atomic mass is 79.9. The summed E-state index contributed by atoms with van der Waals surface area (Å²) < 4.78 is 7.54. The predicted octanol–water partition coefficient (Wildman–Crippen LogP) is 3.89. The number of ether oxygens (including phenoxy) is 1. The van der Waals surface area contributed by atoms with Gasteiger partial charge in [0.1, 0.15) is 5.75 Å². The van der Waals surface area contributed by atoms with Gasteiger partial charge in [-0.1, -0.05) is 0 Å². The molecule has 0 N–H and O–H groups in total. The second-order valence-corrected chi connectivity index (χ2v) is 5.78. The summed E-state index contributed by atoms with van der Waals surface area (Å²) in [7, 11) is 3.77. The van der Waals surface area contributed by atoms with E-state index in [0.717, 1.165) is 20.3 Å². The Bertz CT molecular complexity index is 394. The SMILES string of the molecule is CC(C)Oc1c(Br)cc(/C=N/N(C)C)cc1Br. The summed E-state index contributed by atoms with van der Waals surface area (Å²) in [4.78, 5) is 0. The standard InChI is InChI=1S/C12H16Br2N2O/c1-8(2)17-12-10(13)5-9(6-11(12)14)7-15-16(3)4/h5-8H,1-4H3/b15-7+. The molecule has 1 aromatic rings. The molecule has 0 aliphatic carbocycles. The molecule has 0 aliphatic heterocycles. The van der Waals surface area contributed by atoms with Crippen LogP contribution in [-0.2, 0) is 0 Å². The van der Waals surface area contributed by atoms with Gasteiger partial charge in [-0.3, -0.25) is 0 Å². The van der Waals surface area contributed by atoms with Crippen LogP contribution in [0.15, 0.2) is 26.2 Å². The third-order valence-corrected chi connectivity index (χ3v) is 2.99. The second-order valence-electron chi connectivity index (χ2n) is 4.07. The van der Waals surface area contributed by atoms with E-state index in [9.17, 15) is 0 Å². The number of hydrogen-bond acceptors (Lipinski definition) is 3. The Balaban J connectivity index is 3.01. The lowest BCUT2D eigenvalue weighted by molar-refractivity contribution is 0.239. The summed E-state index contributed by atoms with van der Waals surface area (Å²) in [5.74, 6) is 0.821. The minimum Gasteiger partial charge on any atom is -0.489 e. The number of rotatable bonds is 4. The molecule has 0 radical (unpaired) electrons. The molecular weight excluding hydrogens is 348 g/mol. The monoisotopic (exact) mass is 362 g/mol. The van der Waals surface area contributed by atoms with Gasteiger partial charge < -0.3 is 9.75 Å². The largest absolute Gasteiger partial charge is 0.489 e. The number of nitrogens with zero attached hydrogens (tertiary/aromatic N) is 2. The molecule has 94 valence electrons. The van der Waals surface area contributed by atoms with Gasteiger partial charge in [0, 0.05) is 14.1 Å². The number of hydrazone groups is 1. The van der Waals surface area contributed by atoms with Gasteiger partial charge >= 0.3 is 0 Å². The van der Waals surface area contributed by atoms with Gasteiger partial charge in [0.05, 0.1) is 21.3 Å². The fourth-order valence-corrected chi connectivity index (χ4v) is 2.59. The van der Waals surface area contributed by atoms with E-state index in [1.807, 2.05) is 40.1 Å². The van der Waals surface area contributed by atoms with Crippen molar-refractivity contribution >= 4 is 38.1 Å². The first-order chi connectivity index (χ1) is 7.90. The molecule has 3 nitrogen and oxygen atoms in total. The van der Waals surface area contributed by atoms with E-state index in [0.29, 0.717) is 0 Å². The van der Waals surface area contributed by atoms with Gasteiger partial charge in [-0.2, -0.15) is 5.10 Å². The van der Waals surface area contributed by atoms with Crippen LogP contribution in [0.25, 0.3) is 0 Å².